The Balaban J connectivity index is 2.60. The summed E-state index contributed by atoms with van der Waals surface area (Å²) in [6.07, 6.45) is 3.57. The fourth-order valence-electron chi connectivity index (χ4n) is 1.02. The molecule has 2 N–H and O–H groups in total. The first-order valence-corrected chi connectivity index (χ1v) is 4.06. The Hall–Kier alpha value is -1.58. The Kier molecular flexibility index (Phi) is 3.25. The van der Waals surface area contributed by atoms with E-state index in [1.54, 1.807) is 13.2 Å². The van der Waals surface area contributed by atoms with E-state index < -0.39 is 0 Å². The van der Waals surface area contributed by atoms with Crippen LogP contribution in [-0.4, -0.2) is 29.9 Å². The smallest absolute Gasteiger partial charge is 0.191 e. The summed E-state index contributed by atoms with van der Waals surface area (Å²) in [5, 5.41) is 0. The fourth-order valence-corrected chi connectivity index (χ4v) is 1.02. The standard InChI is InChI=1S/C9H14N4/c1-11-9(10)13(2)7-8-4-3-5-12-6-8/h3-6H,7H2,1-2H3,(H2,10,11). The number of nitrogens with two attached hydrogens (primary N) is 1. The van der Waals surface area contributed by atoms with Gasteiger partial charge >= 0.3 is 0 Å². The van der Waals surface area contributed by atoms with Crippen LogP contribution in [0.4, 0.5) is 0 Å². The van der Waals surface area contributed by atoms with Gasteiger partial charge in [0.2, 0.25) is 0 Å². The van der Waals surface area contributed by atoms with Gasteiger partial charge in [0.1, 0.15) is 0 Å². The highest BCUT2D eigenvalue weighted by Crippen LogP contribution is 1.99. The normalized spacial score (nSPS) is 11.4. The molecular formula is C9H14N4. The van der Waals surface area contributed by atoms with E-state index in [-0.39, 0.29) is 0 Å². The predicted octanol–water partition coefficient (Wildman–Crippen LogP) is 0.458. The number of hydrogen-bond acceptors (Lipinski definition) is 2. The number of aliphatic imine (C=N–C) groups is 1. The fraction of sp³-hybridized carbons (Fsp3) is 0.333. The molecule has 0 unspecified atom stereocenters. The molecule has 0 aliphatic heterocycles. The summed E-state index contributed by atoms with van der Waals surface area (Å²) in [5.41, 5.74) is 6.74. The van der Waals surface area contributed by atoms with Gasteiger partial charge in [-0.25, -0.2) is 0 Å². The van der Waals surface area contributed by atoms with Gasteiger partial charge < -0.3 is 10.6 Å². The van der Waals surface area contributed by atoms with Crippen molar-refractivity contribution in [2.45, 2.75) is 6.54 Å². The van der Waals surface area contributed by atoms with E-state index in [4.69, 9.17) is 5.73 Å². The van der Waals surface area contributed by atoms with Crippen molar-refractivity contribution in [1.82, 2.24) is 9.88 Å². The Morgan fingerprint density at radius 2 is 2.46 bits per heavy atom. The molecule has 0 saturated carbocycles. The number of rotatable bonds is 2. The molecule has 0 aromatic carbocycles. The summed E-state index contributed by atoms with van der Waals surface area (Å²) >= 11 is 0. The maximum Gasteiger partial charge on any atom is 0.191 e. The molecular weight excluding hydrogens is 164 g/mol. The van der Waals surface area contributed by atoms with E-state index in [0.29, 0.717) is 5.96 Å². The Morgan fingerprint density at radius 3 is 3.00 bits per heavy atom. The van der Waals surface area contributed by atoms with Crippen molar-refractivity contribution < 1.29 is 0 Å². The highest BCUT2D eigenvalue weighted by Gasteiger charge is 2.00. The second-order valence-corrected chi connectivity index (χ2v) is 2.80. The number of pyridine rings is 1. The van der Waals surface area contributed by atoms with Crippen LogP contribution in [0.2, 0.25) is 0 Å². The van der Waals surface area contributed by atoms with E-state index in [1.807, 2.05) is 30.3 Å². The van der Waals surface area contributed by atoms with Gasteiger partial charge in [0.05, 0.1) is 0 Å². The van der Waals surface area contributed by atoms with Gasteiger partial charge in [0.25, 0.3) is 0 Å². The highest BCUT2D eigenvalue weighted by molar-refractivity contribution is 5.77. The minimum atomic E-state index is 0.531. The van der Waals surface area contributed by atoms with Gasteiger partial charge in [-0.1, -0.05) is 6.07 Å². The molecule has 0 aliphatic carbocycles. The maximum atomic E-state index is 5.62. The van der Waals surface area contributed by atoms with Crippen molar-refractivity contribution in [3.05, 3.63) is 30.1 Å². The zero-order valence-electron chi connectivity index (χ0n) is 7.94. The molecule has 4 heteroatoms. The zero-order valence-corrected chi connectivity index (χ0v) is 7.94. The summed E-state index contributed by atoms with van der Waals surface area (Å²) < 4.78 is 0. The molecule has 0 amide bonds. The minimum absolute atomic E-state index is 0.531. The van der Waals surface area contributed by atoms with Crippen LogP contribution in [0.1, 0.15) is 5.56 Å². The Bertz CT molecular complexity index is 281. The first-order valence-electron chi connectivity index (χ1n) is 4.06. The average molecular weight is 178 g/mol. The average Bonchev–Trinajstić information content (AvgIpc) is 2.18. The van der Waals surface area contributed by atoms with Crippen molar-refractivity contribution >= 4 is 5.96 Å². The van der Waals surface area contributed by atoms with E-state index in [1.165, 1.54) is 0 Å². The highest BCUT2D eigenvalue weighted by atomic mass is 15.2. The molecule has 1 heterocycles. The molecule has 70 valence electrons. The maximum absolute atomic E-state index is 5.62. The van der Waals surface area contributed by atoms with Crippen molar-refractivity contribution in [3.8, 4) is 0 Å². The lowest BCUT2D eigenvalue weighted by molar-refractivity contribution is 0.493. The molecule has 1 aromatic rings. The molecule has 0 spiro atoms. The third-order valence-corrected chi connectivity index (χ3v) is 1.76. The van der Waals surface area contributed by atoms with Crippen LogP contribution in [0.25, 0.3) is 0 Å². The van der Waals surface area contributed by atoms with Gasteiger partial charge in [-0.15, -0.1) is 0 Å². The number of hydrogen-bond donors (Lipinski definition) is 1. The minimum Gasteiger partial charge on any atom is -0.370 e. The number of guanidine groups is 1. The molecule has 4 nitrogen and oxygen atoms in total. The molecule has 0 fully saturated rings. The topological polar surface area (TPSA) is 54.5 Å². The lowest BCUT2D eigenvalue weighted by Crippen LogP contribution is -2.33. The van der Waals surface area contributed by atoms with Crippen molar-refractivity contribution in [2.75, 3.05) is 14.1 Å². The number of nitrogens with zero attached hydrogens (tertiary/aromatic N) is 3. The predicted molar refractivity (Wildman–Crippen MR) is 53.3 cm³/mol. The summed E-state index contributed by atoms with van der Waals surface area (Å²) in [7, 11) is 3.57. The lowest BCUT2D eigenvalue weighted by atomic mass is 10.3. The van der Waals surface area contributed by atoms with E-state index in [2.05, 4.69) is 9.98 Å². The van der Waals surface area contributed by atoms with Crippen molar-refractivity contribution in [2.24, 2.45) is 10.7 Å². The van der Waals surface area contributed by atoms with E-state index in [9.17, 15) is 0 Å². The van der Waals surface area contributed by atoms with Crippen LogP contribution in [0, 0.1) is 0 Å². The van der Waals surface area contributed by atoms with E-state index in [0.717, 1.165) is 12.1 Å². The number of aromatic nitrogens is 1. The first kappa shape index (κ1) is 9.51. The largest absolute Gasteiger partial charge is 0.370 e. The van der Waals surface area contributed by atoms with Crippen LogP contribution >= 0.6 is 0 Å². The van der Waals surface area contributed by atoms with Gasteiger partial charge in [0.15, 0.2) is 5.96 Å². The van der Waals surface area contributed by atoms with Gasteiger partial charge in [-0.2, -0.15) is 0 Å². The SMILES string of the molecule is CN=C(N)N(C)Cc1cccnc1. The molecule has 0 aliphatic rings. The van der Waals surface area contributed by atoms with Crippen LogP contribution in [-0.2, 0) is 6.54 Å². The van der Waals surface area contributed by atoms with E-state index >= 15 is 0 Å². The van der Waals surface area contributed by atoms with Crippen LogP contribution in [0.15, 0.2) is 29.5 Å². The van der Waals surface area contributed by atoms with Crippen LogP contribution < -0.4 is 5.73 Å². The van der Waals surface area contributed by atoms with Crippen LogP contribution in [0.3, 0.4) is 0 Å². The summed E-state index contributed by atoms with van der Waals surface area (Å²) in [5.74, 6) is 0.531. The van der Waals surface area contributed by atoms with Crippen LogP contribution in [0.5, 0.6) is 0 Å². The van der Waals surface area contributed by atoms with Crippen molar-refractivity contribution in [1.29, 1.82) is 0 Å². The second-order valence-electron chi connectivity index (χ2n) is 2.80. The Morgan fingerprint density at radius 1 is 1.69 bits per heavy atom. The van der Waals surface area contributed by atoms with Gasteiger partial charge in [-0.05, 0) is 11.6 Å². The molecule has 0 bridgehead atoms. The monoisotopic (exact) mass is 178 g/mol. The molecule has 1 rings (SSSR count). The third-order valence-electron chi connectivity index (χ3n) is 1.76. The summed E-state index contributed by atoms with van der Waals surface area (Å²) in [6, 6.07) is 3.91. The summed E-state index contributed by atoms with van der Waals surface area (Å²) in [6.45, 7) is 0.733. The Labute approximate surface area is 78.1 Å². The molecule has 0 atom stereocenters. The van der Waals surface area contributed by atoms with Crippen molar-refractivity contribution in [3.63, 3.8) is 0 Å². The summed E-state index contributed by atoms with van der Waals surface area (Å²) in [4.78, 5) is 9.77. The molecule has 13 heavy (non-hydrogen) atoms. The quantitative estimate of drug-likeness (QED) is 0.528. The third kappa shape index (κ3) is 2.74. The molecule has 1 aromatic heterocycles. The van der Waals surface area contributed by atoms with Gasteiger partial charge in [0, 0.05) is 33.0 Å². The molecule has 0 saturated heterocycles. The first-order chi connectivity index (χ1) is 6.24. The zero-order chi connectivity index (χ0) is 9.68. The lowest BCUT2D eigenvalue weighted by Gasteiger charge is -2.16. The second kappa shape index (κ2) is 4.45. The van der Waals surface area contributed by atoms with Gasteiger partial charge in [-0.3, -0.25) is 9.98 Å². The molecule has 0 radical (unpaired) electrons.